The Morgan fingerprint density at radius 2 is 1.68 bits per heavy atom. The van der Waals surface area contributed by atoms with E-state index >= 15 is 0 Å². The topological polar surface area (TPSA) is 65.0 Å². The highest BCUT2D eigenvalue weighted by atomic mass is 16.5. The molecule has 5 nitrogen and oxygen atoms in total. The van der Waals surface area contributed by atoms with Gasteiger partial charge in [-0.15, -0.1) is 0 Å². The predicted octanol–water partition coefficient (Wildman–Crippen LogP) is 3.92. The molecular formula is C17H23NO4. The third-order valence-electron chi connectivity index (χ3n) is 3.79. The first-order valence-corrected chi connectivity index (χ1v) is 8.00. The molecule has 1 aliphatic rings. The van der Waals surface area contributed by atoms with Gasteiger partial charge in [-0.1, -0.05) is 31.9 Å². The number of rotatable bonds is 9. The van der Waals surface area contributed by atoms with Gasteiger partial charge in [0, 0.05) is 12.0 Å². The largest absolute Gasteiger partial charge is 0.490 e. The summed E-state index contributed by atoms with van der Waals surface area (Å²) in [6, 6.07) is 2.74. The molecule has 1 unspecified atom stereocenters. The second-order valence-electron chi connectivity index (χ2n) is 5.55. The maximum atomic E-state index is 12.1. The summed E-state index contributed by atoms with van der Waals surface area (Å²) in [4.78, 5) is 22.8. The molecule has 22 heavy (non-hydrogen) atoms. The number of ether oxygens (including phenoxy) is 2. The smallest absolute Gasteiger partial charge is 0.191 e. The number of hydrogen-bond donors (Lipinski definition) is 0. The van der Waals surface area contributed by atoms with Crippen LogP contribution < -0.4 is 9.47 Å². The lowest BCUT2D eigenvalue weighted by Gasteiger charge is -2.14. The van der Waals surface area contributed by atoms with Crippen LogP contribution in [0.3, 0.4) is 0 Å². The van der Waals surface area contributed by atoms with Crippen molar-refractivity contribution in [1.29, 1.82) is 0 Å². The van der Waals surface area contributed by atoms with Crippen LogP contribution in [0.4, 0.5) is 0 Å². The lowest BCUT2D eigenvalue weighted by Crippen LogP contribution is -2.11. The summed E-state index contributed by atoms with van der Waals surface area (Å²) in [6.07, 6.45) is 4.34. The van der Waals surface area contributed by atoms with E-state index in [0.717, 1.165) is 31.2 Å². The van der Waals surface area contributed by atoms with Gasteiger partial charge >= 0.3 is 0 Å². The summed E-state index contributed by atoms with van der Waals surface area (Å²) in [7, 11) is 0. The minimum atomic E-state index is -0.801. The Morgan fingerprint density at radius 1 is 1.09 bits per heavy atom. The molecule has 2 rings (SSSR count). The molecule has 0 saturated heterocycles. The van der Waals surface area contributed by atoms with Crippen LogP contribution in [0.15, 0.2) is 17.3 Å². The van der Waals surface area contributed by atoms with Gasteiger partial charge in [-0.2, -0.15) is 4.91 Å². The average molecular weight is 305 g/mol. The van der Waals surface area contributed by atoms with Gasteiger partial charge in [0.05, 0.1) is 13.2 Å². The monoisotopic (exact) mass is 305 g/mol. The molecule has 1 aliphatic carbocycles. The predicted molar refractivity (Wildman–Crippen MR) is 84.9 cm³/mol. The van der Waals surface area contributed by atoms with Gasteiger partial charge in [-0.25, -0.2) is 0 Å². The molecule has 120 valence electrons. The Bertz CT molecular complexity index is 542. The van der Waals surface area contributed by atoms with Gasteiger partial charge in [0.1, 0.15) is 0 Å². The first kappa shape index (κ1) is 16.5. The Morgan fingerprint density at radius 3 is 2.23 bits per heavy atom. The third-order valence-corrected chi connectivity index (χ3v) is 3.79. The number of carbonyl (C=O) groups excluding carboxylic acids is 1. The maximum Gasteiger partial charge on any atom is 0.191 e. The Balaban J connectivity index is 2.23. The Hall–Kier alpha value is -1.91. The van der Waals surface area contributed by atoms with Crippen molar-refractivity contribution in [2.45, 2.75) is 52.0 Å². The maximum absolute atomic E-state index is 12.1. The molecule has 0 radical (unpaired) electrons. The van der Waals surface area contributed by atoms with E-state index < -0.39 is 6.04 Å². The van der Waals surface area contributed by atoms with Crippen molar-refractivity contribution in [3.63, 3.8) is 0 Å². The molecule has 0 heterocycles. The van der Waals surface area contributed by atoms with Crippen molar-refractivity contribution >= 4 is 5.78 Å². The van der Waals surface area contributed by atoms with Crippen molar-refractivity contribution in [1.82, 2.24) is 0 Å². The van der Waals surface area contributed by atoms with Crippen molar-refractivity contribution in [2.75, 3.05) is 13.2 Å². The molecule has 0 spiro atoms. The van der Waals surface area contributed by atoms with E-state index in [-0.39, 0.29) is 5.78 Å². The van der Waals surface area contributed by atoms with E-state index in [0.29, 0.717) is 36.7 Å². The van der Waals surface area contributed by atoms with E-state index in [2.05, 4.69) is 19.0 Å². The molecular weight excluding hydrogens is 282 g/mol. The van der Waals surface area contributed by atoms with Gasteiger partial charge in [-0.05, 0) is 30.5 Å². The summed E-state index contributed by atoms with van der Waals surface area (Å²) < 4.78 is 11.6. The van der Waals surface area contributed by atoms with Crippen LogP contribution in [0.25, 0.3) is 0 Å². The average Bonchev–Trinajstić information content (AvgIpc) is 2.83. The molecule has 0 aliphatic heterocycles. The second-order valence-corrected chi connectivity index (χ2v) is 5.55. The van der Waals surface area contributed by atoms with Crippen LogP contribution >= 0.6 is 0 Å². The number of carbonyl (C=O) groups is 1. The number of hydrogen-bond acceptors (Lipinski definition) is 5. The lowest BCUT2D eigenvalue weighted by molar-refractivity contribution is 0.0974. The number of fused-ring (bicyclic) bond motifs is 1. The number of Topliss-reactive ketones (excluding diaryl/α,β-unsaturated/α-hetero) is 1. The zero-order valence-corrected chi connectivity index (χ0v) is 13.3. The number of unbranched alkanes of at least 4 members (excludes halogenated alkanes) is 2. The van der Waals surface area contributed by atoms with E-state index in [1.165, 1.54) is 0 Å². The van der Waals surface area contributed by atoms with Crippen LogP contribution in [-0.2, 0) is 6.42 Å². The molecule has 1 aromatic carbocycles. The first-order valence-electron chi connectivity index (χ1n) is 8.00. The van der Waals surface area contributed by atoms with Crippen LogP contribution in [-0.4, -0.2) is 25.0 Å². The van der Waals surface area contributed by atoms with Crippen molar-refractivity contribution in [3.8, 4) is 11.5 Å². The Kier molecular flexibility index (Phi) is 5.92. The van der Waals surface area contributed by atoms with Gasteiger partial charge < -0.3 is 9.47 Å². The van der Waals surface area contributed by atoms with Crippen LogP contribution in [0.1, 0.15) is 55.5 Å². The molecule has 0 N–H and O–H groups in total. The molecule has 5 heteroatoms. The molecule has 0 fully saturated rings. The molecule has 0 saturated carbocycles. The van der Waals surface area contributed by atoms with E-state index in [1.807, 2.05) is 6.07 Å². The number of nitrogens with zero attached hydrogens (tertiary/aromatic N) is 1. The SMILES string of the molecule is CCCCOc1cc2c(cc1OCCCC)C(=O)C(N=O)C2. The third kappa shape index (κ3) is 3.64. The van der Waals surface area contributed by atoms with Crippen molar-refractivity contribution in [2.24, 2.45) is 5.18 Å². The molecule has 0 bridgehead atoms. The summed E-state index contributed by atoms with van der Waals surface area (Å²) in [5.74, 6) is 1.02. The fourth-order valence-electron chi connectivity index (χ4n) is 2.44. The summed E-state index contributed by atoms with van der Waals surface area (Å²) in [5, 5.41) is 2.91. The fourth-order valence-corrected chi connectivity index (χ4v) is 2.44. The minimum absolute atomic E-state index is 0.217. The fraction of sp³-hybridized carbons (Fsp3) is 0.588. The number of benzene rings is 1. The highest BCUT2D eigenvalue weighted by molar-refractivity contribution is 6.05. The molecule has 0 aromatic heterocycles. The van der Waals surface area contributed by atoms with Gasteiger partial charge in [0.2, 0.25) is 0 Å². The standard InChI is InChI=1S/C17H23NO4/c1-3-5-7-21-15-10-12-9-14(18-20)17(19)13(12)11-16(15)22-8-6-4-2/h10-11,14H,3-9H2,1-2H3. The molecule has 1 aromatic rings. The van der Waals surface area contributed by atoms with E-state index in [9.17, 15) is 9.70 Å². The van der Waals surface area contributed by atoms with Crippen LogP contribution in [0.2, 0.25) is 0 Å². The number of nitroso groups, excluding NO2 is 1. The molecule has 0 amide bonds. The van der Waals surface area contributed by atoms with Crippen molar-refractivity contribution in [3.05, 3.63) is 28.2 Å². The van der Waals surface area contributed by atoms with E-state index in [4.69, 9.17) is 9.47 Å². The summed E-state index contributed by atoms with van der Waals surface area (Å²) in [6.45, 7) is 5.39. The lowest BCUT2D eigenvalue weighted by atomic mass is 10.1. The zero-order chi connectivity index (χ0) is 15.9. The number of ketones is 1. The summed E-state index contributed by atoms with van der Waals surface area (Å²) >= 11 is 0. The summed E-state index contributed by atoms with van der Waals surface area (Å²) in [5.41, 5.74) is 1.36. The van der Waals surface area contributed by atoms with E-state index in [1.54, 1.807) is 6.07 Å². The minimum Gasteiger partial charge on any atom is -0.490 e. The van der Waals surface area contributed by atoms with Gasteiger partial charge in [0.25, 0.3) is 0 Å². The first-order chi connectivity index (χ1) is 10.7. The zero-order valence-electron chi connectivity index (χ0n) is 13.3. The highest BCUT2D eigenvalue weighted by Gasteiger charge is 2.33. The normalized spacial score (nSPS) is 16.5. The van der Waals surface area contributed by atoms with Crippen molar-refractivity contribution < 1.29 is 14.3 Å². The molecule has 1 atom stereocenters. The van der Waals surface area contributed by atoms with Crippen LogP contribution in [0, 0.1) is 4.91 Å². The second kappa shape index (κ2) is 7.92. The van der Waals surface area contributed by atoms with Gasteiger partial charge in [-0.3, -0.25) is 4.79 Å². The van der Waals surface area contributed by atoms with Crippen LogP contribution in [0.5, 0.6) is 11.5 Å². The quantitative estimate of drug-likeness (QED) is 0.512. The Labute approximate surface area is 131 Å². The van der Waals surface area contributed by atoms with Gasteiger partial charge in [0.15, 0.2) is 23.3 Å². The highest BCUT2D eigenvalue weighted by Crippen LogP contribution is 2.36.